The monoisotopic (exact) mass is 422 g/mol. The van der Waals surface area contributed by atoms with Crippen LogP contribution in [0.4, 0.5) is 0 Å². The molecule has 0 saturated heterocycles. The van der Waals surface area contributed by atoms with Crippen molar-refractivity contribution in [2.45, 2.75) is 124 Å². The molecule has 0 fully saturated rings. The third-order valence-corrected chi connectivity index (χ3v) is 6.42. The molecule has 1 heteroatoms. The van der Waals surface area contributed by atoms with Gasteiger partial charge in [-0.25, -0.2) is 0 Å². The average molecular weight is 423 g/mol. The molecule has 172 valence electrons. The van der Waals surface area contributed by atoms with Crippen molar-refractivity contribution in [1.82, 2.24) is 0 Å². The molecule has 1 aromatic heterocycles. The van der Waals surface area contributed by atoms with Gasteiger partial charge in [0.15, 0.2) is 18.4 Å². The second-order valence-electron chi connectivity index (χ2n) is 9.41. The highest BCUT2D eigenvalue weighted by atomic mass is 15.0. The molecule has 1 heterocycles. The second kappa shape index (κ2) is 16.1. The van der Waals surface area contributed by atoms with Crippen molar-refractivity contribution in [2.75, 3.05) is 0 Å². The Morgan fingerprint density at radius 1 is 0.484 bits per heavy atom. The first kappa shape index (κ1) is 25.6. The zero-order valence-electron chi connectivity index (χ0n) is 20.8. The molecule has 2 rings (SSSR count). The fourth-order valence-electron chi connectivity index (χ4n) is 4.52. The summed E-state index contributed by atoms with van der Waals surface area (Å²) in [6.07, 6.45) is 22.5. The maximum atomic E-state index is 2.48. The summed E-state index contributed by atoms with van der Waals surface area (Å²) in [5, 5.41) is 0. The fraction of sp³-hybridized carbons (Fsp3) is 0.633. The van der Waals surface area contributed by atoms with Crippen molar-refractivity contribution in [3.63, 3.8) is 0 Å². The molecule has 0 aliphatic heterocycles. The number of pyridine rings is 1. The standard InChI is InChI=1S/C30H48N/c1-4-7-8-9-10-11-12-13-14-15-18-27-19-21-29(22-20-27)26-31-25-28(16-5-2)23-24-30(31)17-6-3/h19-25H,4-18,26H2,1-3H3/q+1. The molecular formula is C30H48N+. The van der Waals surface area contributed by atoms with Crippen LogP contribution in [0.3, 0.4) is 0 Å². The Morgan fingerprint density at radius 2 is 1.03 bits per heavy atom. The lowest BCUT2D eigenvalue weighted by Gasteiger charge is -2.07. The van der Waals surface area contributed by atoms with E-state index in [1.807, 2.05) is 0 Å². The van der Waals surface area contributed by atoms with Crippen LogP contribution in [0.15, 0.2) is 42.6 Å². The van der Waals surface area contributed by atoms with Gasteiger partial charge in [-0.1, -0.05) is 109 Å². The first-order valence-corrected chi connectivity index (χ1v) is 13.4. The molecule has 0 radical (unpaired) electrons. The summed E-state index contributed by atoms with van der Waals surface area (Å²) in [7, 11) is 0. The van der Waals surface area contributed by atoms with Gasteiger partial charge in [-0.3, -0.25) is 0 Å². The highest BCUT2D eigenvalue weighted by molar-refractivity contribution is 5.22. The summed E-state index contributed by atoms with van der Waals surface area (Å²) in [5.41, 5.74) is 5.83. The van der Waals surface area contributed by atoms with Gasteiger partial charge in [0.25, 0.3) is 0 Å². The summed E-state index contributed by atoms with van der Waals surface area (Å²) in [4.78, 5) is 0. The topological polar surface area (TPSA) is 3.88 Å². The zero-order valence-corrected chi connectivity index (χ0v) is 20.8. The summed E-state index contributed by atoms with van der Waals surface area (Å²) >= 11 is 0. The van der Waals surface area contributed by atoms with Crippen molar-refractivity contribution in [1.29, 1.82) is 0 Å². The van der Waals surface area contributed by atoms with E-state index in [1.54, 1.807) is 0 Å². The number of hydrogen-bond acceptors (Lipinski definition) is 0. The lowest BCUT2D eigenvalue weighted by Crippen LogP contribution is -2.39. The van der Waals surface area contributed by atoms with E-state index in [0.717, 1.165) is 13.0 Å². The summed E-state index contributed by atoms with van der Waals surface area (Å²) < 4.78 is 2.48. The predicted molar refractivity (Wildman–Crippen MR) is 136 cm³/mol. The van der Waals surface area contributed by atoms with Crippen LogP contribution in [0, 0.1) is 0 Å². The van der Waals surface area contributed by atoms with Crippen LogP contribution in [0.1, 0.15) is 120 Å². The van der Waals surface area contributed by atoms with E-state index in [2.05, 4.69) is 67.9 Å². The molecule has 1 aromatic carbocycles. The quantitative estimate of drug-likeness (QED) is 0.178. The zero-order chi connectivity index (χ0) is 22.2. The summed E-state index contributed by atoms with van der Waals surface area (Å²) in [5.74, 6) is 0. The Hall–Kier alpha value is -1.63. The molecule has 0 atom stereocenters. The van der Waals surface area contributed by atoms with Gasteiger partial charge >= 0.3 is 0 Å². The first-order valence-electron chi connectivity index (χ1n) is 13.4. The molecule has 0 aliphatic carbocycles. The van der Waals surface area contributed by atoms with Crippen LogP contribution >= 0.6 is 0 Å². The molecule has 0 unspecified atom stereocenters. The van der Waals surface area contributed by atoms with E-state index >= 15 is 0 Å². The maximum absolute atomic E-state index is 2.48. The van der Waals surface area contributed by atoms with E-state index < -0.39 is 0 Å². The smallest absolute Gasteiger partial charge is 0.181 e. The van der Waals surface area contributed by atoms with Crippen molar-refractivity contribution >= 4 is 0 Å². The largest absolute Gasteiger partial charge is 0.198 e. The summed E-state index contributed by atoms with van der Waals surface area (Å²) in [6, 6.07) is 14.1. The lowest BCUT2D eigenvalue weighted by molar-refractivity contribution is -0.696. The van der Waals surface area contributed by atoms with E-state index in [9.17, 15) is 0 Å². The van der Waals surface area contributed by atoms with Gasteiger partial charge in [0.05, 0.1) is 0 Å². The van der Waals surface area contributed by atoms with Crippen LogP contribution < -0.4 is 4.57 Å². The molecule has 1 nitrogen and oxygen atoms in total. The molecule has 2 aromatic rings. The molecule has 0 amide bonds. The number of hydrogen-bond donors (Lipinski definition) is 0. The molecule has 31 heavy (non-hydrogen) atoms. The lowest BCUT2D eigenvalue weighted by atomic mass is 10.0. The fourth-order valence-corrected chi connectivity index (χ4v) is 4.52. The van der Waals surface area contributed by atoms with Crippen molar-refractivity contribution in [2.24, 2.45) is 0 Å². The number of nitrogens with zero attached hydrogens (tertiary/aromatic N) is 1. The minimum Gasteiger partial charge on any atom is -0.198 e. The maximum Gasteiger partial charge on any atom is 0.181 e. The van der Waals surface area contributed by atoms with E-state index in [4.69, 9.17) is 0 Å². The molecule has 0 bridgehead atoms. The van der Waals surface area contributed by atoms with Crippen LogP contribution in [-0.4, -0.2) is 0 Å². The number of aromatic nitrogens is 1. The van der Waals surface area contributed by atoms with E-state index in [1.165, 1.54) is 112 Å². The Bertz CT molecular complexity index is 701. The Labute approximate surface area is 193 Å². The Balaban J connectivity index is 1.73. The number of unbranched alkanes of at least 4 members (excludes halogenated alkanes) is 9. The van der Waals surface area contributed by atoms with Gasteiger partial charge in [-0.2, -0.15) is 4.57 Å². The molecule has 0 saturated carbocycles. The van der Waals surface area contributed by atoms with Crippen LogP contribution in [-0.2, 0) is 25.8 Å². The third-order valence-electron chi connectivity index (χ3n) is 6.42. The molecule has 0 aliphatic rings. The molecule has 0 spiro atoms. The van der Waals surface area contributed by atoms with Crippen molar-refractivity contribution < 1.29 is 4.57 Å². The van der Waals surface area contributed by atoms with Gasteiger partial charge in [-0.15, -0.1) is 0 Å². The first-order chi connectivity index (χ1) is 15.3. The Kier molecular flexibility index (Phi) is 13.3. The van der Waals surface area contributed by atoms with Crippen LogP contribution in [0.2, 0.25) is 0 Å². The van der Waals surface area contributed by atoms with Gasteiger partial charge in [0.1, 0.15) is 0 Å². The Morgan fingerprint density at radius 3 is 1.65 bits per heavy atom. The highest BCUT2D eigenvalue weighted by Gasteiger charge is 2.12. The van der Waals surface area contributed by atoms with Crippen molar-refractivity contribution in [3.8, 4) is 0 Å². The van der Waals surface area contributed by atoms with Gasteiger partial charge in [0.2, 0.25) is 0 Å². The van der Waals surface area contributed by atoms with Gasteiger partial charge < -0.3 is 0 Å². The second-order valence-corrected chi connectivity index (χ2v) is 9.41. The number of aryl methyl sites for hydroxylation is 3. The van der Waals surface area contributed by atoms with Crippen LogP contribution in [0.25, 0.3) is 0 Å². The number of rotatable bonds is 17. The number of benzene rings is 1. The third kappa shape index (κ3) is 10.5. The van der Waals surface area contributed by atoms with Gasteiger partial charge in [0, 0.05) is 23.6 Å². The highest BCUT2D eigenvalue weighted by Crippen LogP contribution is 2.13. The molecular weight excluding hydrogens is 374 g/mol. The SMILES string of the molecule is CCCCCCCCCCCCc1ccc(C[n+]2cc(CCC)ccc2CCC)cc1. The van der Waals surface area contributed by atoms with E-state index in [-0.39, 0.29) is 0 Å². The minimum atomic E-state index is 0.991. The normalized spacial score (nSPS) is 11.2. The van der Waals surface area contributed by atoms with Gasteiger partial charge in [-0.05, 0) is 37.3 Å². The molecule has 0 N–H and O–H groups in total. The summed E-state index contributed by atoms with van der Waals surface area (Å²) in [6.45, 7) is 7.82. The van der Waals surface area contributed by atoms with Crippen molar-refractivity contribution in [3.05, 3.63) is 65.0 Å². The minimum absolute atomic E-state index is 0.991. The van der Waals surface area contributed by atoms with E-state index in [0.29, 0.717) is 0 Å². The predicted octanol–water partition coefficient (Wildman–Crippen LogP) is 8.39. The average Bonchev–Trinajstić information content (AvgIpc) is 2.78. The van der Waals surface area contributed by atoms with Crippen LogP contribution in [0.5, 0.6) is 0 Å².